The summed E-state index contributed by atoms with van der Waals surface area (Å²) in [5.41, 5.74) is 5.98. The number of nitrogens with two attached hydrogens (primary N) is 1. The Morgan fingerprint density at radius 1 is 1.48 bits per heavy atom. The summed E-state index contributed by atoms with van der Waals surface area (Å²) in [6.07, 6.45) is 1.52. The number of rotatable bonds is 6. The summed E-state index contributed by atoms with van der Waals surface area (Å²) in [7, 11) is 0. The Kier molecular flexibility index (Phi) is 4.80. The maximum Gasteiger partial charge on any atom is 0.164 e. The lowest BCUT2D eigenvalue weighted by Crippen LogP contribution is -2.13. The standard InChI is InChI=1S/C14H18ClN5O/c1-9(2)6-20-13(18-8-19-20)7-21-12-4-3-10(14(16)17)5-11(12)15/h3-5,8-9H,6-7H2,1-2H3,(H3,16,17). The zero-order valence-electron chi connectivity index (χ0n) is 12.0. The maximum atomic E-state index is 7.37. The van der Waals surface area contributed by atoms with Crippen LogP contribution >= 0.6 is 11.6 Å². The van der Waals surface area contributed by atoms with Crippen molar-refractivity contribution in [2.45, 2.75) is 27.0 Å². The molecular formula is C14H18ClN5O. The van der Waals surface area contributed by atoms with Crippen LogP contribution in [0.15, 0.2) is 24.5 Å². The van der Waals surface area contributed by atoms with Gasteiger partial charge in [-0.05, 0) is 24.1 Å². The number of aromatic nitrogens is 3. The number of hydrogen-bond donors (Lipinski definition) is 2. The first-order valence-corrected chi connectivity index (χ1v) is 6.98. The number of halogens is 1. The average Bonchev–Trinajstić information content (AvgIpc) is 2.83. The molecule has 0 spiro atoms. The highest BCUT2D eigenvalue weighted by Gasteiger charge is 2.09. The van der Waals surface area contributed by atoms with Crippen molar-refractivity contribution in [3.63, 3.8) is 0 Å². The Bertz CT molecular complexity index is 638. The summed E-state index contributed by atoms with van der Waals surface area (Å²) in [4.78, 5) is 4.19. The summed E-state index contributed by atoms with van der Waals surface area (Å²) in [6.45, 7) is 5.30. The van der Waals surface area contributed by atoms with Crippen LogP contribution in [-0.2, 0) is 13.2 Å². The maximum absolute atomic E-state index is 7.37. The molecule has 2 rings (SSSR count). The summed E-state index contributed by atoms with van der Waals surface area (Å²) in [5.74, 6) is 1.72. The van der Waals surface area contributed by atoms with Crippen LogP contribution in [0.1, 0.15) is 25.2 Å². The Morgan fingerprint density at radius 3 is 2.86 bits per heavy atom. The molecule has 1 aromatic heterocycles. The lowest BCUT2D eigenvalue weighted by molar-refractivity contribution is 0.283. The van der Waals surface area contributed by atoms with E-state index in [2.05, 4.69) is 23.9 Å². The van der Waals surface area contributed by atoms with Crippen LogP contribution in [0.4, 0.5) is 0 Å². The van der Waals surface area contributed by atoms with E-state index in [9.17, 15) is 0 Å². The molecular weight excluding hydrogens is 290 g/mol. The van der Waals surface area contributed by atoms with Crippen molar-refractivity contribution in [1.82, 2.24) is 14.8 Å². The van der Waals surface area contributed by atoms with E-state index in [0.717, 1.165) is 12.4 Å². The van der Waals surface area contributed by atoms with Crippen molar-refractivity contribution in [3.05, 3.63) is 40.9 Å². The average molecular weight is 308 g/mol. The number of amidine groups is 1. The zero-order valence-corrected chi connectivity index (χ0v) is 12.8. The molecule has 1 heterocycles. The topological polar surface area (TPSA) is 89.8 Å². The second-order valence-electron chi connectivity index (χ2n) is 5.10. The lowest BCUT2D eigenvalue weighted by Gasteiger charge is -2.11. The van der Waals surface area contributed by atoms with Crippen LogP contribution in [0.5, 0.6) is 5.75 Å². The second kappa shape index (κ2) is 6.58. The summed E-state index contributed by atoms with van der Waals surface area (Å²) < 4.78 is 7.49. The van der Waals surface area contributed by atoms with E-state index < -0.39 is 0 Å². The van der Waals surface area contributed by atoms with Crippen molar-refractivity contribution in [1.29, 1.82) is 5.41 Å². The molecule has 0 saturated carbocycles. The number of hydrogen-bond acceptors (Lipinski definition) is 4. The zero-order chi connectivity index (χ0) is 15.4. The van der Waals surface area contributed by atoms with E-state index in [4.69, 9.17) is 27.5 Å². The molecule has 1 aromatic carbocycles. The molecule has 0 fully saturated rings. The third-order valence-corrected chi connectivity index (χ3v) is 3.13. The van der Waals surface area contributed by atoms with Crippen LogP contribution in [-0.4, -0.2) is 20.6 Å². The first-order chi connectivity index (χ1) is 9.97. The third kappa shape index (κ3) is 3.95. The van der Waals surface area contributed by atoms with Gasteiger partial charge in [0.25, 0.3) is 0 Å². The molecule has 112 valence electrons. The minimum atomic E-state index is -0.0277. The Morgan fingerprint density at radius 2 is 2.24 bits per heavy atom. The van der Waals surface area contributed by atoms with Gasteiger partial charge in [-0.25, -0.2) is 9.67 Å². The van der Waals surface area contributed by atoms with Crippen molar-refractivity contribution in [2.24, 2.45) is 11.7 Å². The Labute approximate surface area is 128 Å². The molecule has 2 aromatic rings. The highest BCUT2D eigenvalue weighted by atomic mass is 35.5. The fourth-order valence-electron chi connectivity index (χ4n) is 1.83. The van der Waals surface area contributed by atoms with Gasteiger partial charge < -0.3 is 10.5 Å². The fraction of sp³-hybridized carbons (Fsp3) is 0.357. The van der Waals surface area contributed by atoms with Gasteiger partial charge in [0.1, 0.15) is 24.5 Å². The van der Waals surface area contributed by atoms with Gasteiger partial charge in [-0.15, -0.1) is 0 Å². The normalized spacial score (nSPS) is 10.9. The summed E-state index contributed by atoms with van der Waals surface area (Å²) in [6, 6.07) is 5.00. The summed E-state index contributed by atoms with van der Waals surface area (Å²) >= 11 is 6.12. The fourth-order valence-corrected chi connectivity index (χ4v) is 2.06. The number of nitrogen functional groups attached to an aromatic ring is 1. The van der Waals surface area contributed by atoms with Crippen LogP contribution in [0, 0.1) is 11.3 Å². The van der Waals surface area contributed by atoms with Gasteiger partial charge in [0.2, 0.25) is 0 Å². The van der Waals surface area contributed by atoms with E-state index in [0.29, 0.717) is 22.3 Å². The highest BCUT2D eigenvalue weighted by molar-refractivity contribution is 6.32. The van der Waals surface area contributed by atoms with Gasteiger partial charge in [0, 0.05) is 12.1 Å². The van der Waals surface area contributed by atoms with E-state index in [1.807, 2.05) is 4.68 Å². The van der Waals surface area contributed by atoms with Gasteiger partial charge in [0.05, 0.1) is 5.02 Å². The molecule has 0 amide bonds. The van der Waals surface area contributed by atoms with E-state index >= 15 is 0 Å². The van der Waals surface area contributed by atoms with Crippen molar-refractivity contribution < 1.29 is 4.74 Å². The van der Waals surface area contributed by atoms with Crippen LogP contribution < -0.4 is 10.5 Å². The van der Waals surface area contributed by atoms with Gasteiger partial charge in [-0.3, -0.25) is 5.41 Å². The van der Waals surface area contributed by atoms with Crippen LogP contribution in [0.3, 0.4) is 0 Å². The Balaban J connectivity index is 2.07. The van der Waals surface area contributed by atoms with Crippen molar-refractivity contribution in [3.8, 4) is 5.75 Å². The van der Waals surface area contributed by atoms with Gasteiger partial charge in [-0.1, -0.05) is 25.4 Å². The number of ether oxygens (including phenoxy) is 1. The SMILES string of the molecule is CC(C)Cn1ncnc1COc1ccc(C(=N)N)cc1Cl. The predicted molar refractivity (Wildman–Crippen MR) is 81.7 cm³/mol. The molecule has 0 saturated heterocycles. The molecule has 3 N–H and O–H groups in total. The number of benzene rings is 1. The molecule has 0 radical (unpaired) electrons. The predicted octanol–water partition coefficient (Wildman–Crippen LogP) is 2.45. The quantitative estimate of drug-likeness (QED) is 0.633. The Hall–Kier alpha value is -2.08. The van der Waals surface area contributed by atoms with Gasteiger partial charge >= 0.3 is 0 Å². The molecule has 0 aliphatic heterocycles. The number of nitrogens with zero attached hydrogens (tertiary/aromatic N) is 3. The van der Waals surface area contributed by atoms with Crippen molar-refractivity contribution >= 4 is 17.4 Å². The van der Waals surface area contributed by atoms with E-state index in [1.54, 1.807) is 18.2 Å². The van der Waals surface area contributed by atoms with E-state index in [1.165, 1.54) is 6.33 Å². The van der Waals surface area contributed by atoms with E-state index in [-0.39, 0.29) is 12.4 Å². The molecule has 6 nitrogen and oxygen atoms in total. The van der Waals surface area contributed by atoms with Gasteiger partial charge in [-0.2, -0.15) is 5.10 Å². The molecule has 21 heavy (non-hydrogen) atoms. The third-order valence-electron chi connectivity index (χ3n) is 2.83. The molecule has 7 heteroatoms. The first-order valence-electron chi connectivity index (χ1n) is 6.60. The lowest BCUT2D eigenvalue weighted by atomic mass is 10.2. The number of nitrogens with one attached hydrogen (secondary N) is 1. The molecule has 0 bridgehead atoms. The largest absolute Gasteiger partial charge is 0.484 e. The van der Waals surface area contributed by atoms with Crippen LogP contribution in [0.25, 0.3) is 0 Å². The molecule has 0 aliphatic carbocycles. The monoisotopic (exact) mass is 307 g/mol. The molecule has 0 unspecified atom stereocenters. The molecule has 0 atom stereocenters. The summed E-state index contributed by atoms with van der Waals surface area (Å²) in [5, 5.41) is 12.0. The highest BCUT2D eigenvalue weighted by Crippen LogP contribution is 2.26. The minimum Gasteiger partial charge on any atom is -0.484 e. The minimum absolute atomic E-state index is 0.0277. The first kappa shape index (κ1) is 15.3. The smallest absolute Gasteiger partial charge is 0.164 e. The van der Waals surface area contributed by atoms with Crippen LogP contribution in [0.2, 0.25) is 5.02 Å². The van der Waals surface area contributed by atoms with Gasteiger partial charge in [0.15, 0.2) is 5.82 Å². The second-order valence-corrected chi connectivity index (χ2v) is 5.51. The van der Waals surface area contributed by atoms with Crippen molar-refractivity contribution in [2.75, 3.05) is 0 Å². The molecule has 0 aliphatic rings.